The summed E-state index contributed by atoms with van der Waals surface area (Å²) in [6.07, 6.45) is 0. The summed E-state index contributed by atoms with van der Waals surface area (Å²) in [7, 11) is 0. The lowest BCUT2D eigenvalue weighted by molar-refractivity contribution is 0.391. The molecule has 13 heavy (non-hydrogen) atoms. The molecular weight excluding hydrogens is 166 g/mol. The Labute approximate surface area is 77.5 Å². The molecule has 4 heteroatoms. The molecule has 0 aliphatic rings. The normalized spacial score (nSPS) is 12.5. The second kappa shape index (κ2) is 4.06. The molecule has 0 aliphatic carbocycles. The van der Waals surface area contributed by atoms with E-state index < -0.39 is 0 Å². The van der Waals surface area contributed by atoms with E-state index in [0.717, 1.165) is 17.0 Å². The van der Waals surface area contributed by atoms with Crippen molar-refractivity contribution < 1.29 is 4.52 Å². The molecule has 0 bridgehead atoms. The predicted octanol–water partition coefficient (Wildman–Crippen LogP) is 1.47. The first-order valence-electron chi connectivity index (χ1n) is 4.20. The molecule has 1 aromatic heterocycles. The van der Waals surface area contributed by atoms with Crippen LogP contribution in [0.5, 0.6) is 0 Å². The Morgan fingerprint density at radius 3 is 2.77 bits per heavy atom. The third-order valence-electron chi connectivity index (χ3n) is 2.01. The Morgan fingerprint density at radius 2 is 2.31 bits per heavy atom. The molecule has 1 aromatic rings. The van der Waals surface area contributed by atoms with E-state index in [1.165, 1.54) is 0 Å². The molecule has 0 saturated heterocycles. The standard InChI is InChI=1S/C9H13N3O/c1-6(11-5-4-10)9-7(2)12-13-8(9)3/h6,11H,5H2,1-3H3. The van der Waals surface area contributed by atoms with Crippen molar-refractivity contribution in [1.82, 2.24) is 10.5 Å². The highest BCUT2D eigenvalue weighted by molar-refractivity contribution is 5.24. The first kappa shape index (κ1) is 9.75. The van der Waals surface area contributed by atoms with E-state index >= 15 is 0 Å². The summed E-state index contributed by atoms with van der Waals surface area (Å²) < 4.78 is 5.02. The minimum absolute atomic E-state index is 0.117. The second-order valence-corrected chi connectivity index (χ2v) is 3.00. The number of rotatable bonds is 3. The molecule has 1 rings (SSSR count). The lowest BCUT2D eigenvalue weighted by Crippen LogP contribution is -2.19. The van der Waals surface area contributed by atoms with Gasteiger partial charge in [0.15, 0.2) is 0 Å². The van der Waals surface area contributed by atoms with Gasteiger partial charge in [-0.2, -0.15) is 5.26 Å². The van der Waals surface area contributed by atoms with Crippen LogP contribution in [0.1, 0.15) is 30.0 Å². The van der Waals surface area contributed by atoms with Crippen LogP contribution in [0, 0.1) is 25.2 Å². The van der Waals surface area contributed by atoms with E-state index in [9.17, 15) is 0 Å². The fraction of sp³-hybridized carbons (Fsp3) is 0.556. The minimum atomic E-state index is 0.117. The maximum Gasteiger partial charge on any atom is 0.138 e. The molecule has 0 saturated carbocycles. The summed E-state index contributed by atoms with van der Waals surface area (Å²) in [4.78, 5) is 0. The van der Waals surface area contributed by atoms with Crippen molar-refractivity contribution in [3.8, 4) is 6.07 Å². The SMILES string of the molecule is Cc1noc(C)c1C(C)NCC#N. The summed E-state index contributed by atoms with van der Waals surface area (Å²) in [5.74, 6) is 0.815. The van der Waals surface area contributed by atoms with Gasteiger partial charge in [0.05, 0.1) is 18.3 Å². The summed E-state index contributed by atoms with van der Waals surface area (Å²) in [6, 6.07) is 2.15. The average Bonchev–Trinajstić information content (AvgIpc) is 2.42. The van der Waals surface area contributed by atoms with Gasteiger partial charge in [-0.25, -0.2) is 0 Å². The number of hydrogen-bond acceptors (Lipinski definition) is 4. The van der Waals surface area contributed by atoms with E-state index in [4.69, 9.17) is 9.78 Å². The highest BCUT2D eigenvalue weighted by atomic mass is 16.5. The van der Waals surface area contributed by atoms with Gasteiger partial charge in [-0.15, -0.1) is 0 Å². The van der Waals surface area contributed by atoms with Crippen molar-refractivity contribution in [3.05, 3.63) is 17.0 Å². The number of hydrogen-bond donors (Lipinski definition) is 1. The van der Waals surface area contributed by atoms with Crippen molar-refractivity contribution in [3.63, 3.8) is 0 Å². The molecule has 0 aliphatic heterocycles. The fourth-order valence-corrected chi connectivity index (χ4v) is 1.41. The Hall–Kier alpha value is -1.34. The first-order chi connectivity index (χ1) is 6.16. The Kier molecular flexibility index (Phi) is 3.04. The topological polar surface area (TPSA) is 61.9 Å². The summed E-state index contributed by atoms with van der Waals surface area (Å²) in [6.45, 7) is 6.10. The Balaban J connectivity index is 2.76. The van der Waals surface area contributed by atoms with Crippen LogP contribution in [0.15, 0.2) is 4.52 Å². The van der Waals surface area contributed by atoms with Crippen LogP contribution in [0.25, 0.3) is 0 Å². The van der Waals surface area contributed by atoms with Crippen molar-refractivity contribution in [2.45, 2.75) is 26.8 Å². The van der Waals surface area contributed by atoms with Gasteiger partial charge >= 0.3 is 0 Å². The maximum absolute atomic E-state index is 8.40. The van der Waals surface area contributed by atoms with Crippen LogP contribution >= 0.6 is 0 Å². The molecular formula is C9H13N3O. The number of aromatic nitrogens is 1. The second-order valence-electron chi connectivity index (χ2n) is 3.00. The quantitative estimate of drug-likeness (QED) is 0.713. The molecule has 1 atom stereocenters. The van der Waals surface area contributed by atoms with Gasteiger partial charge in [-0.3, -0.25) is 5.32 Å². The molecule has 0 fully saturated rings. The molecule has 1 unspecified atom stereocenters. The van der Waals surface area contributed by atoms with Crippen LogP contribution in [-0.4, -0.2) is 11.7 Å². The van der Waals surface area contributed by atoms with Gasteiger partial charge in [0.25, 0.3) is 0 Å². The van der Waals surface area contributed by atoms with Crippen LogP contribution in [-0.2, 0) is 0 Å². The highest BCUT2D eigenvalue weighted by Crippen LogP contribution is 2.20. The molecule has 70 valence electrons. The predicted molar refractivity (Wildman–Crippen MR) is 48.0 cm³/mol. The van der Waals surface area contributed by atoms with E-state index in [2.05, 4.69) is 10.5 Å². The van der Waals surface area contributed by atoms with Gasteiger partial charge in [0, 0.05) is 11.6 Å². The van der Waals surface area contributed by atoms with Gasteiger partial charge in [0.2, 0.25) is 0 Å². The number of aryl methyl sites for hydroxylation is 2. The van der Waals surface area contributed by atoms with Crippen LogP contribution < -0.4 is 5.32 Å². The van der Waals surface area contributed by atoms with Gasteiger partial charge in [-0.1, -0.05) is 5.16 Å². The minimum Gasteiger partial charge on any atom is -0.361 e. The number of nitrogens with zero attached hydrogens (tertiary/aromatic N) is 2. The molecule has 0 aromatic carbocycles. The van der Waals surface area contributed by atoms with Crippen molar-refractivity contribution >= 4 is 0 Å². The van der Waals surface area contributed by atoms with Gasteiger partial charge in [-0.05, 0) is 20.8 Å². The van der Waals surface area contributed by atoms with E-state index in [-0.39, 0.29) is 6.04 Å². The van der Waals surface area contributed by atoms with Crippen molar-refractivity contribution in [2.75, 3.05) is 6.54 Å². The summed E-state index contributed by atoms with van der Waals surface area (Å²) >= 11 is 0. The molecule has 1 N–H and O–H groups in total. The molecule has 1 heterocycles. The van der Waals surface area contributed by atoms with Crippen LogP contribution in [0.4, 0.5) is 0 Å². The third kappa shape index (κ3) is 2.07. The zero-order valence-corrected chi connectivity index (χ0v) is 8.09. The van der Waals surface area contributed by atoms with Crippen molar-refractivity contribution in [2.24, 2.45) is 0 Å². The van der Waals surface area contributed by atoms with E-state index in [1.54, 1.807) is 0 Å². The van der Waals surface area contributed by atoms with Crippen molar-refractivity contribution in [1.29, 1.82) is 5.26 Å². The lowest BCUT2D eigenvalue weighted by Gasteiger charge is -2.10. The lowest BCUT2D eigenvalue weighted by atomic mass is 10.1. The average molecular weight is 179 g/mol. The largest absolute Gasteiger partial charge is 0.361 e. The monoisotopic (exact) mass is 179 g/mol. The summed E-state index contributed by atoms with van der Waals surface area (Å²) in [5.41, 5.74) is 1.94. The number of nitrogens with one attached hydrogen (secondary N) is 1. The Morgan fingerprint density at radius 1 is 1.62 bits per heavy atom. The van der Waals surface area contributed by atoms with E-state index in [1.807, 2.05) is 26.8 Å². The number of nitriles is 1. The molecule has 0 spiro atoms. The third-order valence-corrected chi connectivity index (χ3v) is 2.01. The maximum atomic E-state index is 8.40. The summed E-state index contributed by atoms with van der Waals surface area (Å²) in [5, 5.41) is 15.3. The van der Waals surface area contributed by atoms with E-state index in [0.29, 0.717) is 6.54 Å². The first-order valence-corrected chi connectivity index (χ1v) is 4.20. The van der Waals surface area contributed by atoms with Gasteiger partial charge in [0.1, 0.15) is 5.76 Å². The molecule has 0 amide bonds. The van der Waals surface area contributed by atoms with Crippen LogP contribution in [0.3, 0.4) is 0 Å². The highest BCUT2D eigenvalue weighted by Gasteiger charge is 2.15. The molecule has 4 nitrogen and oxygen atoms in total. The zero-order valence-electron chi connectivity index (χ0n) is 8.09. The van der Waals surface area contributed by atoms with Gasteiger partial charge < -0.3 is 4.52 Å². The fourth-order valence-electron chi connectivity index (χ4n) is 1.41. The zero-order chi connectivity index (χ0) is 9.84. The Bertz CT molecular complexity index is 305. The molecule has 0 radical (unpaired) electrons. The smallest absolute Gasteiger partial charge is 0.138 e. The van der Waals surface area contributed by atoms with Crippen LogP contribution in [0.2, 0.25) is 0 Å².